The van der Waals surface area contributed by atoms with Crippen LogP contribution in [0.4, 0.5) is 0 Å². The van der Waals surface area contributed by atoms with Gasteiger partial charge < -0.3 is 0 Å². The zero-order valence-electron chi connectivity index (χ0n) is 3.02. The standard InChI is InChI=1S/C4H2S2/c1-2-5-4-6-3-1/h2H2. The fraction of sp³-hybridized carbons (Fsp3) is 0.250. The van der Waals surface area contributed by atoms with E-state index < -0.39 is 0 Å². The molecule has 0 saturated carbocycles. The first-order valence-electron chi connectivity index (χ1n) is 1.50. The van der Waals surface area contributed by atoms with Gasteiger partial charge in [0.1, 0.15) is 0 Å². The number of hydrogen-bond donors (Lipinski definition) is 0. The summed E-state index contributed by atoms with van der Waals surface area (Å²) in [7, 11) is 0. The number of hydrogen-bond acceptors (Lipinski definition) is 1. The highest BCUT2D eigenvalue weighted by Gasteiger charge is 1.72. The average molecular weight is 114 g/mol. The maximum absolute atomic E-state index is 2.94. The van der Waals surface area contributed by atoms with Crippen molar-refractivity contribution in [1.29, 1.82) is 0 Å². The summed E-state index contributed by atoms with van der Waals surface area (Å²) >= 11 is 3.08. The molecule has 1 rings (SSSR count). The summed E-state index contributed by atoms with van der Waals surface area (Å²) in [6.07, 6.45) is 0. The maximum Gasteiger partial charge on any atom is 0.0808 e. The van der Waals surface area contributed by atoms with E-state index in [1.807, 2.05) is 0 Å². The maximum atomic E-state index is 2.94. The predicted octanol–water partition coefficient (Wildman–Crippen LogP) is 1.34. The van der Waals surface area contributed by atoms with Crippen LogP contribution in [-0.4, -0.2) is 5.75 Å². The molecule has 1 aliphatic heterocycles. The molecule has 0 aromatic carbocycles. The van der Waals surface area contributed by atoms with Gasteiger partial charge in [-0.1, -0.05) is 5.92 Å². The smallest absolute Gasteiger partial charge is 0.0808 e. The molecular weight excluding hydrogens is 112 g/mol. The summed E-state index contributed by atoms with van der Waals surface area (Å²) in [6, 6.07) is 0. The quantitative estimate of drug-likeness (QED) is 0.428. The molecule has 1 aliphatic rings. The average Bonchev–Trinajstić information content (AvgIpc) is 1.72. The van der Waals surface area contributed by atoms with Gasteiger partial charge in [0.15, 0.2) is 0 Å². The van der Waals surface area contributed by atoms with Gasteiger partial charge in [-0.05, 0) is 9.77 Å². The monoisotopic (exact) mass is 114 g/mol. The molecule has 0 atom stereocenters. The Morgan fingerprint density at radius 2 is 2.50 bits per heavy atom. The Balaban J connectivity index is 2.57. The van der Waals surface area contributed by atoms with E-state index >= 15 is 0 Å². The van der Waals surface area contributed by atoms with Crippen LogP contribution < -0.4 is 0 Å². The van der Waals surface area contributed by atoms with Gasteiger partial charge in [0, 0.05) is 11.8 Å². The summed E-state index contributed by atoms with van der Waals surface area (Å²) in [4.78, 5) is 0. The van der Waals surface area contributed by atoms with Gasteiger partial charge in [0.05, 0.1) is 5.75 Å². The van der Waals surface area contributed by atoms with Crippen LogP contribution in [0.5, 0.6) is 0 Å². The zero-order valence-corrected chi connectivity index (χ0v) is 4.66. The van der Waals surface area contributed by atoms with Gasteiger partial charge in [-0.2, -0.15) is 0 Å². The molecule has 0 aliphatic carbocycles. The predicted molar refractivity (Wildman–Crippen MR) is 31.7 cm³/mol. The molecule has 0 unspecified atom stereocenters. The van der Waals surface area contributed by atoms with Crippen LogP contribution in [0.25, 0.3) is 0 Å². The summed E-state index contributed by atoms with van der Waals surface area (Å²) in [6.45, 7) is 0. The Kier molecular flexibility index (Phi) is 1.46. The first-order valence-corrected chi connectivity index (χ1v) is 3.31. The van der Waals surface area contributed by atoms with Crippen molar-refractivity contribution in [3.63, 3.8) is 0 Å². The van der Waals surface area contributed by atoms with Crippen molar-refractivity contribution in [3.05, 3.63) is 0 Å². The minimum atomic E-state index is 0.924. The molecule has 0 fully saturated rings. The van der Waals surface area contributed by atoms with Crippen LogP contribution >= 0.6 is 22.9 Å². The van der Waals surface area contributed by atoms with Crippen molar-refractivity contribution in [1.82, 2.24) is 0 Å². The third-order valence-electron chi connectivity index (χ3n) is 0.368. The van der Waals surface area contributed by atoms with Crippen LogP contribution in [0.3, 0.4) is 0 Å². The largest absolute Gasteiger partial charge is 0.109 e. The SMILES string of the molecule is C1#CSC#SC1. The topological polar surface area (TPSA) is 0 Å². The molecule has 0 N–H and O–H groups in total. The van der Waals surface area contributed by atoms with Gasteiger partial charge in [0.2, 0.25) is 0 Å². The molecule has 6 heavy (non-hydrogen) atoms. The van der Waals surface area contributed by atoms with E-state index in [9.17, 15) is 0 Å². The normalized spacial score (nSPS) is 14.7. The molecule has 0 radical (unpaired) electrons. The van der Waals surface area contributed by atoms with Gasteiger partial charge >= 0.3 is 0 Å². The Hall–Kier alpha value is -0.0900. The van der Waals surface area contributed by atoms with Gasteiger partial charge in [-0.3, -0.25) is 0 Å². The van der Waals surface area contributed by atoms with Crippen LogP contribution in [0, 0.1) is 15.7 Å². The second-order valence-corrected chi connectivity index (χ2v) is 2.41. The Bertz CT molecular complexity index is 118. The second kappa shape index (κ2) is 2.15. The highest BCUT2D eigenvalue weighted by molar-refractivity contribution is 8.14. The highest BCUT2D eigenvalue weighted by atomic mass is 32.2. The van der Waals surface area contributed by atoms with Gasteiger partial charge in [-0.15, -0.1) is 11.2 Å². The Morgan fingerprint density at radius 1 is 1.50 bits per heavy atom. The first-order chi connectivity index (χ1) is 3.00. The van der Waals surface area contributed by atoms with E-state index in [0.29, 0.717) is 0 Å². The van der Waals surface area contributed by atoms with Crippen molar-refractivity contribution in [2.45, 2.75) is 0 Å². The molecule has 1 heterocycles. The fourth-order valence-corrected chi connectivity index (χ4v) is 1.20. The summed E-state index contributed by atoms with van der Waals surface area (Å²) in [5.74, 6) is 3.82. The molecule has 0 spiro atoms. The van der Waals surface area contributed by atoms with Crippen LogP contribution in [0.2, 0.25) is 0 Å². The van der Waals surface area contributed by atoms with Gasteiger partial charge in [0.25, 0.3) is 0 Å². The lowest BCUT2D eigenvalue weighted by atomic mass is 10.8. The van der Waals surface area contributed by atoms with E-state index in [4.69, 9.17) is 0 Å². The summed E-state index contributed by atoms with van der Waals surface area (Å²) in [5.41, 5.74) is 0. The van der Waals surface area contributed by atoms with E-state index in [1.54, 1.807) is 11.2 Å². The summed E-state index contributed by atoms with van der Waals surface area (Å²) < 4.78 is 2.94. The molecule has 2 heteroatoms. The van der Waals surface area contributed by atoms with Crippen LogP contribution in [-0.2, 0) is 0 Å². The third-order valence-corrected chi connectivity index (χ3v) is 1.71. The molecule has 0 saturated heterocycles. The van der Waals surface area contributed by atoms with Crippen LogP contribution in [0.15, 0.2) is 0 Å². The van der Waals surface area contributed by atoms with E-state index in [0.717, 1.165) is 5.75 Å². The van der Waals surface area contributed by atoms with Crippen molar-refractivity contribution in [2.24, 2.45) is 0 Å². The minimum absolute atomic E-state index is 0.924. The number of thioether (sulfide) groups is 1. The molecular formula is C4H2S2. The second-order valence-electron chi connectivity index (χ2n) is 0.753. The Morgan fingerprint density at radius 3 is 2.67 bits per heavy atom. The van der Waals surface area contributed by atoms with Crippen molar-refractivity contribution in [3.8, 4) is 15.7 Å². The van der Waals surface area contributed by atoms with Crippen molar-refractivity contribution >= 4 is 22.9 Å². The lowest BCUT2D eigenvalue weighted by Crippen LogP contribution is -1.61. The fourth-order valence-electron chi connectivity index (χ4n) is 0.181. The zero-order chi connectivity index (χ0) is 4.24. The van der Waals surface area contributed by atoms with Crippen molar-refractivity contribution < 1.29 is 0 Å². The van der Waals surface area contributed by atoms with Crippen molar-refractivity contribution in [2.75, 3.05) is 5.75 Å². The number of rotatable bonds is 0. The Labute approximate surface area is 44.9 Å². The first kappa shape index (κ1) is 4.08. The lowest BCUT2D eigenvalue weighted by Gasteiger charge is -1.74. The van der Waals surface area contributed by atoms with Crippen LogP contribution in [0.1, 0.15) is 0 Å². The molecule has 0 aromatic rings. The summed E-state index contributed by atoms with van der Waals surface area (Å²) in [5, 5.41) is 2.82. The molecule has 0 nitrogen and oxygen atoms in total. The van der Waals surface area contributed by atoms with E-state index in [2.05, 4.69) is 15.7 Å². The van der Waals surface area contributed by atoms with Gasteiger partial charge in [-0.25, -0.2) is 0 Å². The van der Waals surface area contributed by atoms with E-state index in [-0.39, 0.29) is 0 Å². The highest BCUT2D eigenvalue weighted by Crippen LogP contribution is 1.99. The third kappa shape index (κ3) is 0.948. The molecule has 0 amide bonds. The minimum Gasteiger partial charge on any atom is -0.109 e. The lowest BCUT2D eigenvalue weighted by molar-refractivity contribution is 1.98. The van der Waals surface area contributed by atoms with E-state index in [1.165, 1.54) is 11.8 Å². The molecule has 0 bridgehead atoms. The molecule has 30 valence electrons. The molecule has 0 aromatic heterocycles.